The fourth-order valence-electron chi connectivity index (χ4n) is 3.07. The van der Waals surface area contributed by atoms with Gasteiger partial charge in [0.1, 0.15) is 17.3 Å². The van der Waals surface area contributed by atoms with E-state index in [9.17, 15) is 9.50 Å². The molecule has 160 valence electrons. The first-order chi connectivity index (χ1) is 15.6. The summed E-state index contributed by atoms with van der Waals surface area (Å²) in [5, 5.41) is 14.3. The van der Waals surface area contributed by atoms with Crippen molar-refractivity contribution in [3.05, 3.63) is 90.2 Å². The summed E-state index contributed by atoms with van der Waals surface area (Å²) in [7, 11) is 0. The van der Waals surface area contributed by atoms with Gasteiger partial charge in [0.2, 0.25) is 5.95 Å². The molecule has 4 rings (SSSR count). The number of nitrogens with zero attached hydrogens (tertiary/aromatic N) is 3. The van der Waals surface area contributed by atoms with E-state index in [1.165, 1.54) is 24.4 Å². The molecule has 6 nitrogen and oxygen atoms in total. The minimum Gasteiger partial charge on any atom is -0.507 e. The maximum absolute atomic E-state index is 13.4. The molecule has 0 fully saturated rings. The second-order valence-corrected chi connectivity index (χ2v) is 6.86. The molecule has 0 saturated carbocycles. The lowest BCUT2D eigenvalue weighted by Crippen LogP contribution is -2.00. The Morgan fingerprint density at radius 1 is 0.938 bits per heavy atom. The lowest BCUT2D eigenvalue weighted by Gasteiger charge is -2.08. The van der Waals surface area contributed by atoms with Gasteiger partial charge in [-0.05, 0) is 49.4 Å². The zero-order valence-electron chi connectivity index (χ0n) is 17.4. The van der Waals surface area contributed by atoms with Gasteiger partial charge < -0.3 is 9.84 Å². The Hall–Kier alpha value is -4.26. The smallest absolute Gasteiger partial charge is 0.244 e. The highest BCUT2D eigenvalue weighted by Gasteiger charge is 2.09. The van der Waals surface area contributed by atoms with E-state index in [0.717, 1.165) is 11.1 Å². The number of ether oxygens (including phenoxy) is 1. The van der Waals surface area contributed by atoms with E-state index in [-0.39, 0.29) is 17.5 Å². The molecule has 1 aromatic heterocycles. The lowest BCUT2D eigenvalue weighted by atomic mass is 10.1. The molecule has 1 heterocycles. The molecular weight excluding hydrogens is 407 g/mol. The minimum atomic E-state index is -0.316. The fourth-order valence-corrected chi connectivity index (χ4v) is 3.07. The lowest BCUT2D eigenvalue weighted by molar-refractivity contribution is 0.337. The molecule has 0 radical (unpaired) electrons. The van der Waals surface area contributed by atoms with Crippen molar-refractivity contribution in [2.24, 2.45) is 5.10 Å². The number of anilines is 1. The third kappa shape index (κ3) is 5.07. The van der Waals surface area contributed by atoms with Crippen LogP contribution in [-0.4, -0.2) is 27.9 Å². The van der Waals surface area contributed by atoms with E-state index in [4.69, 9.17) is 4.74 Å². The summed E-state index contributed by atoms with van der Waals surface area (Å²) in [6, 6.07) is 22.6. The van der Waals surface area contributed by atoms with Gasteiger partial charge >= 0.3 is 0 Å². The van der Waals surface area contributed by atoms with Gasteiger partial charge in [0.25, 0.3) is 0 Å². The van der Waals surface area contributed by atoms with E-state index < -0.39 is 0 Å². The Morgan fingerprint density at radius 3 is 2.28 bits per heavy atom. The first-order valence-corrected chi connectivity index (χ1v) is 10.1. The summed E-state index contributed by atoms with van der Waals surface area (Å²) >= 11 is 0. The molecular formula is C25H21FN4O2. The molecule has 0 aliphatic rings. The second-order valence-electron chi connectivity index (χ2n) is 6.86. The van der Waals surface area contributed by atoms with E-state index in [2.05, 4.69) is 20.5 Å². The highest BCUT2D eigenvalue weighted by atomic mass is 19.1. The van der Waals surface area contributed by atoms with Gasteiger partial charge in [0.05, 0.1) is 24.2 Å². The number of benzene rings is 3. The Bertz CT molecular complexity index is 1230. The van der Waals surface area contributed by atoms with Crippen LogP contribution in [0.25, 0.3) is 22.5 Å². The van der Waals surface area contributed by atoms with Crippen LogP contribution in [0.15, 0.2) is 84.0 Å². The first kappa shape index (κ1) is 21.0. The largest absolute Gasteiger partial charge is 0.507 e. The number of aromatic hydroxyl groups is 1. The average Bonchev–Trinajstić information content (AvgIpc) is 2.81. The zero-order valence-corrected chi connectivity index (χ0v) is 17.4. The van der Waals surface area contributed by atoms with Crippen LogP contribution in [0.3, 0.4) is 0 Å². The van der Waals surface area contributed by atoms with Crippen molar-refractivity contribution in [2.75, 3.05) is 12.0 Å². The zero-order chi connectivity index (χ0) is 22.3. The fraction of sp³-hybridized carbons (Fsp3) is 0.0800. The van der Waals surface area contributed by atoms with Crippen LogP contribution in [0.1, 0.15) is 12.5 Å². The third-order valence-electron chi connectivity index (χ3n) is 4.62. The van der Waals surface area contributed by atoms with Gasteiger partial charge in [-0.15, -0.1) is 0 Å². The van der Waals surface area contributed by atoms with Crippen LogP contribution in [0, 0.1) is 5.82 Å². The summed E-state index contributed by atoms with van der Waals surface area (Å²) in [6.45, 7) is 2.39. The van der Waals surface area contributed by atoms with Crippen LogP contribution in [0.2, 0.25) is 0 Å². The van der Waals surface area contributed by atoms with Crippen molar-refractivity contribution in [3.63, 3.8) is 0 Å². The molecule has 0 atom stereocenters. The van der Waals surface area contributed by atoms with Gasteiger partial charge in [-0.3, -0.25) is 0 Å². The summed E-state index contributed by atoms with van der Waals surface area (Å²) in [6.07, 6.45) is 1.47. The van der Waals surface area contributed by atoms with Crippen LogP contribution < -0.4 is 10.2 Å². The number of hydrogen-bond acceptors (Lipinski definition) is 6. The Labute approximate surface area is 185 Å². The van der Waals surface area contributed by atoms with Crippen molar-refractivity contribution in [2.45, 2.75) is 6.92 Å². The molecule has 2 N–H and O–H groups in total. The van der Waals surface area contributed by atoms with Crippen LogP contribution >= 0.6 is 0 Å². The van der Waals surface area contributed by atoms with E-state index in [1.807, 2.05) is 43.3 Å². The molecule has 32 heavy (non-hydrogen) atoms. The van der Waals surface area contributed by atoms with Crippen LogP contribution in [-0.2, 0) is 0 Å². The summed E-state index contributed by atoms with van der Waals surface area (Å²) in [5.74, 6) is 0.585. The van der Waals surface area contributed by atoms with Crippen molar-refractivity contribution in [1.82, 2.24) is 9.97 Å². The highest BCUT2D eigenvalue weighted by molar-refractivity contribution is 5.84. The number of nitrogens with one attached hydrogen (secondary N) is 1. The average molecular weight is 428 g/mol. The van der Waals surface area contributed by atoms with Gasteiger partial charge in [0, 0.05) is 22.8 Å². The first-order valence-electron chi connectivity index (χ1n) is 10.1. The van der Waals surface area contributed by atoms with Crippen LogP contribution in [0.5, 0.6) is 11.5 Å². The number of aromatic nitrogens is 2. The number of phenols is 1. The summed E-state index contributed by atoms with van der Waals surface area (Å²) in [5.41, 5.74) is 6.32. The number of hydrazone groups is 1. The predicted molar refractivity (Wildman–Crippen MR) is 123 cm³/mol. The monoisotopic (exact) mass is 428 g/mol. The molecule has 0 saturated heterocycles. The van der Waals surface area contributed by atoms with Crippen LogP contribution in [0.4, 0.5) is 10.3 Å². The highest BCUT2D eigenvalue weighted by Crippen LogP contribution is 2.26. The quantitative estimate of drug-likeness (QED) is 0.300. The van der Waals surface area contributed by atoms with Gasteiger partial charge in [-0.1, -0.05) is 30.3 Å². The molecule has 4 aromatic rings. The molecule has 0 aliphatic heterocycles. The Morgan fingerprint density at radius 2 is 1.62 bits per heavy atom. The van der Waals surface area contributed by atoms with Crippen molar-refractivity contribution < 1.29 is 14.2 Å². The molecule has 0 aliphatic carbocycles. The molecule has 0 spiro atoms. The number of rotatable bonds is 7. The van der Waals surface area contributed by atoms with E-state index >= 15 is 0 Å². The Balaban J connectivity index is 1.63. The topological polar surface area (TPSA) is 79.6 Å². The molecule has 0 unspecified atom stereocenters. The second kappa shape index (κ2) is 9.70. The van der Waals surface area contributed by atoms with E-state index in [1.54, 1.807) is 24.3 Å². The summed E-state index contributed by atoms with van der Waals surface area (Å²) < 4.78 is 18.7. The molecule has 7 heteroatoms. The third-order valence-corrected chi connectivity index (χ3v) is 4.62. The standard InChI is InChI=1S/C25H21FN4O2/c1-2-32-21-13-10-19(24(31)14-21)16-27-30-25-28-22(17-6-4-3-5-7-17)15-23(29-25)18-8-11-20(26)12-9-18/h3-16,31H,2H2,1H3,(H,28,29,30). The number of hydrogen-bond donors (Lipinski definition) is 2. The van der Waals surface area contributed by atoms with Crippen molar-refractivity contribution >= 4 is 12.2 Å². The number of phenolic OH excluding ortho intramolecular Hbond substituents is 1. The normalized spacial score (nSPS) is 10.9. The maximum Gasteiger partial charge on any atom is 0.244 e. The predicted octanol–water partition coefficient (Wildman–Crippen LogP) is 5.50. The Kier molecular flexibility index (Phi) is 6.36. The van der Waals surface area contributed by atoms with Gasteiger partial charge in [0.15, 0.2) is 0 Å². The summed E-state index contributed by atoms with van der Waals surface area (Å²) in [4.78, 5) is 9.06. The van der Waals surface area contributed by atoms with E-state index in [0.29, 0.717) is 29.3 Å². The minimum absolute atomic E-state index is 0.0486. The number of halogens is 1. The SMILES string of the molecule is CCOc1ccc(C=NNc2nc(-c3ccccc3)cc(-c3ccc(F)cc3)n2)c(O)c1. The van der Waals surface area contributed by atoms with Gasteiger partial charge in [-0.25, -0.2) is 19.8 Å². The molecule has 3 aromatic carbocycles. The van der Waals surface area contributed by atoms with Crippen molar-refractivity contribution in [3.8, 4) is 34.0 Å². The van der Waals surface area contributed by atoms with Gasteiger partial charge in [-0.2, -0.15) is 5.10 Å². The van der Waals surface area contributed by atoms with Crippen molar-refractivity contribution in [1.29, 1.82) is 0 Å². The molecule has 0 bridgehead atoms. The maximum atomic E-state index is 13.4. The molecule has 0 amide bonds.